The van der Waals surface area contributed by atoms with Gasteiger partial charge in [0.1, 0.15) is 0 Å². The van der Waals surface area contributed by atoms with Crippen LogP contribution in [0, 0.1) is 5.41 Å². The molecule has 2 aliphatic rings. The van der Waals surface area contributed by atoms with E-state index >= 15 is 0 Å². The standard InChI is InChI=1S/C23H37N5O2/c1-5-23(6-2)19(14-20(23)30-7-3)27-22(24-4)26-15-17-8-10-18(11-9-17)28-13-12-25-21(29)16-28/h8-11,19-20H,5-7,12-16H2,1-4H3,(H,25,29)(H2,24,26,27). The van der Waals surface area contributed by atoms with Crippen LogP contribution >= 0.6 is 0 Å². The maximum atomic E-state index is 11.6. The number of nitrogens with one attached hydrogen (secondary N) is 3. The minimum absolute atomic E-state index is 0.0830. The summed E-state index contributed by atoms with van der Waals surface area (Å²) < 4.78 is 5.99. The summed E-state index contributed by atoms with van der Waals surface area (Å²) in [7, 11) is 1.82. The van der Waals surface area contributed by atoms with Crippen LogP contribution < -0.4 is 20.9 Å². The van der Waals surface area contributed by atoms with Crippen LogP contribution in [0.2, 0.25) is 0 Å². The number of carbonyl (C=O) groups is 1. The van der Waals surface area contributed by atoms with Gasteiger partial charge in [0, 0.05) is 50.4 Å². The lowest BCUT2D eigenvalue weighted by Crippen LogP contribution is -2.65. The first-order valence-electron chi connectivity index (χ1n) is 11.3. The molecule has 1 aliphatic heterocycles. The highest BCUT2D eigenvalue weighted by atomic mass is 16.5. The summed E-state index contributed by atoms with van der Waals surface area (Å²) in [4.78, 5) is 18.1. The zero-order valence-electron chi connectivity index (χ0n) is 18.8. The molecule has 1 saturated heterocycles. The number of rotatable bonds is 8. The lowest BCUT2D eigenvalue weighted by Gasteiger charge is -2.55. The van der Waals surface area contributed by atoms with E-state index in [1.807, 2.05) is 7.05 Å². The summed E-state index contributed by atoms with van der Waals surface area (Å²) in [6.07, 6.45) is 3.55. The zero-order chi connectivity index (χ0) is 21.6. The first-order valence-corrected chi connectivity index (χ1v) is 11.3. The second kappa shape index (κ2) is 10.2. The topological polar surface area (TPSA) is 78.0 Å². The van der Waals surface area contributed by atoms with Gasteiger partial charge >= 0.3 is 0 Å². The van der Waals surface area contributed by atoms with Gasteiger partial charge in [0.05, 0.1) is 12.6 Å². The molecule has 0 spiro atoms. The zero-order valence-corrected chi connectivity index (χ0v) is 18.8. The van der Waals surface area contributed by atoms with Crippen LogP contribution in [-0.2, 0) is 16.1 Å². The molecule has 1 aliphatic carbocycles. The van der Waals surface area contributed by atoms with Crippen LogP contribution in [0.3, 0.4) is 0 Å². The van der Waals surface area contributed by atoms with Gasteiger partial charge < -0.3 is 25.6 Å². The molecule has 2 unspecified atom stereocenters. The smallest absolute Gasteiger partial charge is 0.239 e. The highest BCUT2D eigenvalue weighted by Crippen LogP contribution is 2.48. The molecule has 0 bridgehead atoms. The summed E-state index contributed by atoms with van der Waals surface area (Å²) >= 11 is 0. The highest BCUT2D eigenvalue weighted by Gasteiger charge is 2.53. The number of carbonyl (C=O) groups excluding carboxylic acids is 1. The maximum Gasteiger partial charge on any atom is 0.239 e. The summed E-state index contributed by atoms with van der Waals surface area (Å²) in [5.74, 6) is 0.915. The summed E-state index contributed by atoms with van der Waals surface area (Å²) in [5.41, 5.74) is 2.44. The van der Waals surface area contributed by atoms with Crippen molar-refractivity contribution >= 4 is 17.6 Å². The molecule has 7 nitrogen and oxygen atoms in total. The summed E-state index contributed by atoms with van der Waals surface area (Å²) in [6, 6.07) is 8.77. The van der Waals surface area contributed by atoms with Gasteiger partial charge in [-0.2, -0.15) is 0 Å². The molecule has 1 heterocycles. The van der Waals surface area contributed by atoms with Crippen LogP contribution in [0.5, 0.6) is 0 Å². The van der Waals surface area contributed by atoms with Crippen LogP contribution in [0.25, 0.3) is 0 Å². The van der Waals surface area contributed by atoms with Crippen LogP contribution in [0.15, 0.2) is 29.3 Å². The van der Waals surface area contributed by atoms with Crippen molar-refractivity contribution < 1.29 is 9.53 Å². The fourth-order valence-electron chi connectivity index (χ4n) is 4.81. The van der Waals surface area contributed by atoms with E-state index in [0.29, 0.717) is 31.8 Å². The number of ether oxygens (including phenoxy) is 1. The Morgan fingerprint density at radius 3 is 2.60 bits per heavy atom. The molecule has 7 heteroatoms. The maximum absolute atomic E-state index is 11.6. The molecule has 1 saturated carbocycles. The normalized spacial score (nSPS) is 23.5. The van der Waals surface area contributed by atoms with E-state index in [0.717, 1.165) is 44.1 Å². The van der Waals surface area contributed by atoms with Gasteiger partial charge in [-0.25, -0.2) is 0 Å². The van der Waals surface area contributed by atoms with Crippen molar-refractivity contribution in [2.24, 2.45) is 10.4 Å². The van der Waals surface area contributed by atoms with Crippen molar-refractivity contribution in [1.29, 1.82) is 0 Å². The fourth-order valence-corrected chi connectivity index (χ4v) is 4.81. The van der Waals surface area contributed by atoms with Gasteiger partial charge in [-0.15, -0.1) is 0 Å². The molecule has 3 rings (SSSR count). The van der Waals surface area contributed by atoms with E-state index in [2.05, 4.69) is 70.9 Å². The molecule has 0 radical (unpaired) electrons. The lowest BCUT2D eigenvalue weighted by atomic mass is 9.58. The number of nitrogens with zero attached hydrogens (tertiary/aromatic N) is 2. The average molecular weight is 416 g/mol. The van der Waals surface area contributed by atoms with E-state index in [1.54, 1.807) is 0 Å². The quantitative estimate of drug-likeness (QED) is 0.448. The van der Waals surface area contributed by atoms with Gasteiger partial charge in [-0.1, -0.05) is 26.0 Å². The molecule has 166 valence electrons. The predicted octanol–water partition coefficient (Wildman–Crippen LogP) is 2.27. The highest BCUT2D eigenvalue weighted by molar-refractivity contribution is 5.82. The SMILES string of the molecule is CCOC1CC(NC(=NC)NCc2ccc(N3CCNC(=O)C3)cc2)C1(CC)CC. The van der Waals surface area contributed by atoms with Crippen LogP contribution in [-0.4, -0.2) is 57.3 Å². The number of benzene rings is 1. The third-order valence-corrected chi connectivity index (χ3v) is 6.80. The Morgan fingerprint density at radius 1 is 1.27 bits per heavy atom. The third kappa shape index (κ3) is 4.72. The van der Waals surface area contributed by atoms with E-state index < -0.39 is 0 Å². The first-order chi connectivity index (χ1) is 14.6. The Morgan fingerprint density at radius 2 is 2.00 bits per heavy atom. The molecule has 1 amide bonds. The Kier molecular flexibility index (Phi) is 7.58. The second-order valence-corrected chi connectivity index (χ2v) is 8.18. The second-order valence-electron chi connectivity index (χ2n) is 8.18. The van der Waals surface area contributed by atoms with Gasteiger partial charge in [-0.3, -0.25) is 9.79 Å². The number of hydrogen-bond donors (Lipinski definition) is 3. The van der Waals surface area contributed by atoms with Gasteiger partial charge in [0.2, 0.25) is 5.91 Å². The van der Waals surface area contributed by atoms with Gasteiger partial charge in [0.25, 0.3) is 0 Å². The van der Waals surface area contributed by atoms with Gasteiger partial charge in [0.15, 0.2) is 5.96 Å². The Bertz CT molecular complexity index is 730. The lowest BCUT2D eigenvalue weighted by molar-refractivity contribution is -0.133. The Hall–Kier alpha value is -2.28. The third-order valence-electron chi connectivity index (χ3n) is 6.80. The van der Waals surface area contributed by atoms with Crippen molar-refractivity contribution in [2.75, 3.05) is 38.2 Å². The number of aliphatic imine (C=N–C) groups is 1. The van der Waals surface area contributed by atoms with Crippen LogP contribution in [0.4, 0.5) is 5.69 Å². The predicted molar refractivity (Wildman–Crippen MR) is 122 cm³/mol. The van der Waals surface area contributed by atoms with E-state index in [9.17, 15) is 4.79 Å². The fraction of sp³-hybridized carbons (Fsp3) is 0.652. The number of hydrogen-bond acceptors (Lipinski definition) is 4. The molecule has 1 aromatic carbocycles. The van der Waals surface area contributed by atoms with E-state index in [4.69, 9.17) is 4.74 Å². The molecular formula is C23H37N5O2. The Balaban J connectivity index is 1.54. The van der Waals surface area contributed by atoms with Gasteiger partial charge in [-0.05, 0) is 43.9 Å². The van der Waals surface area contributed by atoms with Crippen molar-refractivity contribution in [2.45, 2.75) is 58.7 Å². The first kappa shape index (κ1) is 22.4. The molecule has 30 heavy (non-hydrogen) atoms. The van der Waals surface area contributed by atoms with E-state index in [-0.39, 0.29) is 11.3 Å². The molecule has 1 aromatic rings. The monoisotopic (exact) mass is 415 g/mol. The Labute approximate surface area is 180 Å². The van der Waals surface area contributed by atoms with Crippen molar-refractivity contribution in [3.8, 4) is 0 Å². The minimum atomic E-state index is 0.0830. The molecule has 2 atom stereocenters. The number of anilines is 1. The number of amides is 1. The molecular weight excluding hydrogens is 378 g/mol. The van der Waals surface area contributed by atoms with Crippen molar-refractivity contribution in [3.05, 3.63) is 29.8 Å². The molecule has 3 N–H and O–H groups in total. The number of piperazine rings is 1. The average Bonchev–Trinajstić information content (AvgIpc) is 2.76. The summed E-state index contributed by atoms with van der Waals surface area (Å²) in [6.45, 7) is 10.0. The van der Waals surface area contributed by atoms with Crippen molar-refractivity contribution in [3.63, 3.8) is 0 Å². The minimum Gasteiger partial charge on any atom is -0.378 e. The largest absolute Gasteiger partial charge is 0.378 e. The van der Waals surface area contributed by atoms with E-state index in [1.165, 1.54) is 5.56 Å². The molecule has 0 aromatic heterocycles. The summed E-state index contributed by atoms with van der Waals surface area (Å²) in [5, 5.41) is 9.94. The molecule has 2 fully saturated rings. The van der Waals surface area contributed by atoms with Crippen molar-refractivity contribution in [1.82, 2.24) is 16.0 Å². The van der Waals surface area contributed by atoms with Crippen LogP contribution in [0.1, 0.15) is 45.6 Å². The number of guanidine groups is 1.